The van der Waals surface area contributed by atoms with Crippen molar-refractivity contribution in [3.05, 3.63) is 50.7 Å². The van der Waals surface area contributed by atoms with Crippen LogP contribution in [0.25, 0.3) is 0 Å². The largest absolute Gasteiger partial charge is 0.480 e. The van der Waals surface area contributed by atoms with E-state index < -0.39 is 16.9 Å². The van der Waals surface area contributed by atoms with Crippen molar-refractivity contribution in [2.24, 2.45) is 0 Å². The molecule has 1 aromatic heterocycles. The van der Waals surface area contributed by atoms with E-state index in [4.69, 9.17) is 11.6 Å². The second-order valence-electron chi connectivity index (χ2n) is 6.13. The molecule has 2 rings (SSSR count). The molecule has 142 valence electrons. The molecule has 1 aliphatic heterocycles. The van der Waals surface area contributed by atoms with E-state index in [0.717, 1.165) is 5.56 Å². The highest BCUT2D eigenvalue weighted by Crippen LogP contribution is 2.24. The van der Waals surface area contributed by atoms with Gasteiger partial charge in [0.25, 0.3) is 5.70 Å². The van der Waals surface area contributed by atoms with Crippen LogP contribution in [-0.4, -0.2) is 68.5 Å². The van der Waals surface area contributed by atoms with Crippen molar-refractivity contribution in [2.75, 3.05) is 26.8 Å². The highest BCUT2D eigenvalue weighted by Gasteiger charge is 2.37. The van der Waals surface area contributed by atoms with Gasteiger partial charge in [-0.25, -0.2) is 4.98 Å². The molecule has 1 aliphatic rings. The van der Waals surface area contributed by atoms with Crippen molar-refractivity contribution >= 4 is 17.6 Å². The first-order valence-electron chi connectivity index (χ1n) is 8.15. The van der Waals surface area contributed by atoms with E-state index in [9.17, 15) is 20.0 Å². The molecule has 0 saturated heterocycles. The van der Waals surface area contributed by atoms with Crippen LogP contribution in [0.2, 0.25) is 5.15 Å². The van der Waals surface area contributed by atoms with Gasteiger partial charge in [-0.2, -0.15) is 0 Å². The number of rotatable bonds is 7. The van der Waals surface area contributed by atoms with Gasteiger partial charge in [0.2, 0.25) is 0 Å². The standard InChI is InChI=1S/C16H22ClN5O4/c1-4-20(8-12-5-6-14(17)18-7-12)15-13(22(25)26)9-21(10-19(15)3)11(2)16(23)24/h5-7,11H,4,8-10H2,1-3H3,(H,23,24). The number of aromatic nitrogens is 1. The van der Waals surface area contributed by atoms with Gasteiger partial charge in [0.15, 0.2) is 5.82 Å². The predicted octanol–water partition coefficient (Wildman–Crippen LogP) is 1.68. The van der Waals surface area contributed by atoms with Crippen LogP contribution in [0.3, 0.4) is 0 Å². The molecule has 26 heavy (non-hydrogen) atoms. The molecule has 0 aliphatic carbocycles. The maximum atomic E-state index is 11.7. The number of hydrogen-bond donors (Lipinski definition) is 1. The van der Waals surface area contributed by atoms with E-state index in [1.165, 1.54) is 6.92 Å². The summed E-state index contributed by atoms with van der Waals surface area (Å²) in [4.78, 5) is 31.7. The van der Waals surface area contributed by atoms with Gasteiger partial charge >= 0.3 is 5.97 Å². The van der Waals surface area contributed by atoms with Gasteiger partial charge in [-0.1, -0.05) is 17.7 Å². The van der Waals surface area contributed by atoms with Crippen LogP contribution in [0.15, 0.2) is 29.8 Å². The molecule has 0 spiro atoms. The number of aliphatic carboxylic acids is 1. The fourth-order valence-corrected chi connectivity index (χ4v) is 3.02. The summed E-state index contributed by atoms with van der Waals surface area (Å²) >= 11 is 5.80. The van der Waals surface area contributed by atoms with Crippen LogP contribution in [0, 0.1) is 10.1 Å². The number of hydrogen-bond acceptors (Lipinski definition) is 7. The first-order valence-corrected chi connectivity index (χ1v) is 8.53. The Morgan fingerprint density at radius 2 is 2.23 bits per heavy atom. The normalized spacial score (nSPS) is 16.5. The highest BCUT2D eigenvalue weighted by atomic mass is 35.5. The Morgan fingerprint density at radius 1 is 1.54 bits per heavy atom. The third-order valence-corrected chi connectivity index (χ3v) is 4.56. The molecule has 1 aromatic rings. The first kappa shape index (κ1) is 19.9. The van der Waals surface area contributed by atoms with Gasteiger partial charge < -0.3 is 14.9 Å². The second-order valence-corrected chi connectivity index (χ2v) is 6.52. The molecule has 0 fully saturated rings. The Bertz CT molecular complexity index is 709. The fraction of sp³-hybridized carbons (Fsp3) is 0.500. The molecule has 2 heterocycles. The minimum Gasteiger partial charge on any atom is -0.480 e. The number of pyridine rings is 1. The Hall–Kier alpha value is -2.39. The summed E-state index contributed by atoms with van der Waals surface area (Å²) in [7, 11) is 1.72. The minimum atomic E-state index is -1.01. The minimum absolute atomic E-state index is 0.0179. The first-order chi connectivity index (χ1) is 12.2. The summed E-state index contributed by atoms with van der Waals surface area (Å²) in [5.74, 6) is -0.523. The lowest BCUT2D eigenvalue weighted by Gasteiger charge is -2.40. The summed E-state index contributed by atoms with van der Waals surface area (Å²) in [6.07, 6.45) is 1.64. The smallest absolute Gasteiger partial charge is 0.320 e. The number of carboxylic acids is 1. The lowest BCUT2D eigenvalue weighted by atomic mass is 10.2. The van der Waals surface area contributed by atoms with Gasteiger partial charge in [-0.3, -0.25) is 19.8 Å². The van der Waals surface area contributed by atoms with E-state index in [1.807, 2.05) is 17.9 Å². The van der Waals surface area contributed by atoms with Gasteiger partial charge in [-0.05, 0) is 25.5 Å². The summed E-state index contributed by atoms with van der Waals surface area (Å²) < 4.78 is 0. The van der Waals surface area contributed by atoms with Crippen LogP contribution >= 0.6 is 11.6 Å². The molecule has 9 nitrogen and oxygen atoms in total. The number of halogens is 1. The molecule has 1 N–H and O–H groups in total. The number of carboxylic acid groups (broad SMARTS) is 1. The maximum absolute atomic E-state index is 11.7. The monoisotopic (exact) mass is 383 g/mol. The van der Waals surface area contributed by atoms with Gasteiger partial charge in [0, 0.05) is 26.3 Å². The van der Waals surface area contributed by atoms with E-state index >= 15 is 0 Å². The average Bonchev–Trinajstić information content (AvgIpc) is 2.60. The quantitative estimate of drug-likeness (QED) is 0.431. The van der Waals surface area contributed by atoms with E-state index in [-0.39, 0.29) is 18.9 Å². The molecule has 10 heteroatoms. The zero-order valence-electron chi connectivity index (χ0n) is 14.9. The van der Waals surface area contributed by atoms with Crippen LogP contribution < -0.4 is 0 Å². The van der Waals surface area contributed by atoms with Crippen molar-refractivity contribution in [1.82, 2.24) is 19.7 Å². The van der Waals surface area contributed by atoms with Crippen LogP contribution in [-0.2, 0) is 11.3 Å². The average molecular weight is 384 g/mol. The zero-order chi connectivity index (χ0) is 19.4. The second kappa shape index (κ2) is 8.33. The fourth-order valence-electron chi connectivity index (χ4n) is 2.91. The lowest BCUT2D eigenvalue weighted by Crippen LogP contribution is -2.52. The lowest BCUT2D eigenvalue weighted by molar-refractivity contribution is -0.434. The van der Waals surface area contributed by atoms with Gasteiger partial charge in [0.1, 0.15) is 11.2 Å². The van der Waals surface area contributed by atoms with Crippen molar-refractivity contribution in [3.63, 3.8) is 0 Å². The number of carbonyl (C=O) groups is 1. The highest BCUT2D eigenvalue weighted by molar-refractivity contribution is 6.29. The molecule has 0 amide bonds. The maximum Gasteiger partial charge on any atom is 0.320 e. The predicted molar refractivity (Wildman–Crippen MR) is 95.8 cm³/mol. The molecule has 0 radical (unpaired) electrons. The number of nitrogens with zero attached hydrogens (tertiary/aromatic N) is 5. The molecule has 0 aromatic carbocycles. The third-order valence-electron chi connectivity index (χ3n) is 4.34. The van der Waals surface area contributed by atoms with Crippen molar-refractivity contribution < 1.29 is 14.8 Å². The van der Waals surface area contributed by atoms with E-state index in [1.54, 1.807) is 29.1 Å². The molecule has 1 atom stereocenters. The molecule has 1 unspecified atom stereocenters. The van der Waals surface area contributed by atoms with Crippen molar-refractivity contribution in [1.29, 1.82) is 0 Å². The Kier molecular flexibility index (Phi) is 6.38. The van der Waals surface area contributed by atoms with E-state index in [2.05, 4.69) is 4.98 Å². The Labute approximate surface area is 156 Å². The summed E-state index contributed by atoms with van der Waals surface area (Å²) in [5, 5.41) is 21.3. The van der Waals surface area contributed by atoms with Crippen molar-refractivity contribution in [2.45, 2.75) is 26.4 Å². The molecule has 0 saturated carbocycles. The van der Waals surface area contributed by atoms with Gasteiger partial charge in [0.05, 0.1) is 18.1 Å². The SMILES string of the molecule is CCN(Cc1ccc(Cl)nc1)C1=C([N+](=O)[O-])CN(C(C)C(=O)O)CN1C. The zero-order valence-corrected chi connectivity index (χ0v) is 15.7. The Morgan fingerprint density at radius 3 is 2.73 bits per heavy atom. The summed E-state index contributed by atoms with van der Waals surface area (Å²) in [6.45, 7) is 4.68. The van der Waals surface area contributed by atoms with Crippen LogP contribution in [0.5, 0.6) is 0 Å². The van der Waals surface area contributed by atoms with Crippen molar-refractivity contribution in [3.8, 4) is 0 Å². The molecule has 0 bridgehead atoms. The van der Waals surface area contributed by atoms with Crippen LogP contribution in [0.4, 0.5) is 0 Å². The summed E-state index contributed by atoms with van der Waals surface area (Å²) in [5.41, 5.74) is 0.858. The molecular formula is C16H22ClN5O4. The van der Waals surface area contributed by atoms with Crippen LogP contribution in [0.1, 0.15) is 19.4 Å². The third kappa shape index (κ3) is 4.41. The van der Waals surface area contributed by atoms with Gasteiger partial charge in [-0.15, -0.1) is 0 Å². The summed E-state index contributed by atoms with van der Waals surface area (Å²) in [6, 6.07) is 2.69. The van der Waals surface area contributed by atoms with E-state index in [0.29, 0.717) is 24.1 Å². The number of nitro groups is 1. The Balaban J connectivity index is 2.34. The topological polar surface area (TPSA) is 103 Å². The molecular weight excluding hydrogens is 362 g/mol.